The molecule has 0 radical (unpaired) electrons. The van der Waals surface area contributed by atoms with E-state index in [1.165, 1.54) is 0 Å². The third-order valence-electron chi connectivity index (χ3n) is 5.25. The first-order chi connectivity index (χ1) is 13.7. The van der Waals surface area contributed by atoms with E-state index in [9.17, 15) is 4.79 Å². The predicted molar refractivity (Wildman–Crippen MR) is 105 cm³/mol. The molecule has 2 atom stereocenters. The average Bonchev–Trinajstić information content (AvgIpc) is 3.30. The van der Waals surface area contributed by atoms with Gasteiger partial charge in [-0.05, 0) is 50.5 Å². The molecule has 0 saturated carbocycles. The Hall–Kier alpha value is -3.28. The highest BCUT2D eigenvalue weighted by Crippen LogP contribution is 2.35. The molecule has 1 aliphatic heterocycles. The van der Waals surface area contributed by atoms with E-state index in [1.54, 1.807) is 0 Å². The first-order valence-corrected chi connectivity index (χ1v) is 9.60. The molecule has 2 heterocycles. The highest BCUT2D eigenvalue weighted by molar-refractivity contribution is 5.95. The van der Waals surface area contributed by atoms with Crippen molar-refractivity contribution in [3.8, 4) is 17.2 Å². The fraction of sp³-hybridized carbons (Fsp3) is 0.273. The van der Waals surface area contributed by atoms with Crippen LogP contribution >= 0.6 is 0 Å². The molecule has 0 bridgehead atoms. The number of ether oxygens (including phenoxy) is 2. The maximum Gasteiger partial charge on any atom is 0.270 e. The van der Waals surface area contributed by atoms with Crippen LogP contribution in [0.15, 0.2) is 54.6 Å². The number of carbonyl (C=O) groups excluding carboxylic acids is 1. The largest absolute Gasteiger partial charge is 0.482 e. The van der Waals surface area contributed by atoms with Crippen LogP contribution in [0.4, 0.5) is 5.82 Å². The van der Waals surface area contributed by atoms with Crippen LogP contribution in [0.3, 0.4) is 0 Å². The highest BCUT2D eigenvalue weighted by Gasteiger charge is 2.35. The Labute approximate surface area is 163 Å². The Morgan fingerprint density at radius 2 is 1.75 bits per heavy atom. The third-order valence-corrected chi connectivity index (χ3v) is 5.25. The van der Waals surface area contributed by atoms with Crippen LogP contribution < -0.4 is 14.8 Å². The molecule has 2 aliphatic rings. The molecule has 6 nitrogen and oxygen atoms in total. The molecule has 0 saturated heterocycles. The molecule has 3 aromatic rings. The number of fused-ring (bicyclic) bond motifs is 2. The number of aryl methyl sites for hydroxylation is 1. The summed E-state index contributed by atoms with van der Waals surface area (Å²) in [5.41, 5.74) is 3.09. The van der Waals surface area contributed by atoms with E-state index in [4.69, 9.17) is 14.6 Å². The molecule has 1 aromatic heterocycles. The van der Waals surface area contributed by atoms with Crippen molar-refractivity contribution in [1.29, 1.82) is 0 Å². The zero-order valence-electron chi connectivity index (χ0n) is 15.6. The Morgan fingerprint density at radius 3 is 2.54 bits per heavy atom. The second-order valence-corrected chi connectivity index (χ2v) is 7.17. The second kappa shape index (κ2) is 6.71. The van der Waals surface area contributed by atoms with Gasteiger partial charge in [-0.1, -0.05) is 30.3 Å². The van der Waals surface area contributed by atoms with Gasteiger partial charge in [-0.25, -0.2) is 4.68 Å². The summed E-state index contributed by atoms with van der Waals surface area (Å²) in [5, 5.41) is 7.82. The van der Waals surface area contributed by atoms with Crippen LogP contribution in [-0.2, 0) is 17.6 Å². The molecule has 0 spiro atoms. The number of aromatic nitrogens is 2. The molecule has 2 unspecified atom stereocenters. The maximum absolute atomic E-state index is 13.1. The van der Waals surface area contributed by atoms with Gasteiger partial charge in [0, 0.05) is 5.56 Å². The topological polar surface area (TPSA) is 65.4 Å². The van der Waals surface area contributed by atoms with Gasteiger partial charge in [0.05, 0.1) is 11.4 Å². The number of anilines is 1. The van der Waals surface area contributed by atoms with Crippen molar-refractivity contribution in [2.45, 2.75) is 38.4 Å². The first kappa shape index (κ1) is 16.9. The number of amides is 1. The minimum absolute atomic E-state index is 0.228. The quantitative estimate of drug-likeness (QED) is 0.761. The van der Waals surface area contributed by atoms with Gasteiger partial charge < -0.3 is 14.8 Å². The summed E-state index contributed by atoms with van der Waals surface area (Å²) in [6, 6.07) is 17.3. The van der Waals surface area contributed by atoms with Crippen LogP contribution in [-0.4, -0.2) is 27.9 Å². The fourth-order valence-electron chi connectivity index (χ4n) is 3.87. The van der Waals surface area contributed by atoms with Gasteiger partial charge in [0.1, 0.15) is 11.9 Å². The summed E-state index contributed by atoms with van der Waals surface area (Å²) >= 11 is 0. The molecular formula is C22H21N3O3. The summed E-state index contributed by atoms with van der Waals surface area (Å²) in [7, 11) is 0. The SMILES string of the molecule is CC1Oc2ccccc2OC1C(=O)Nc1c2c(nn1-c1ccccc1)CCC2. The van der Waals surface area contributed by atoms with Gasteiger partial charge >= 0.3 is 0 Å². The molecule has 1 N–H and O–H groups in total. The minimum Gasteiger partial charge on any atom is -0.482 e. The van der Waals surface area contributed by atoms with Crippen molar-refractivity contribution in [1.82, 2.24) is 9.78 Å². The second-order valence-electron chi connectivity index (χ2n) is 7.17. The monoisotopic (exact) mass is 375 g/mol. The molecule has 0 fully saturated rings. The lowest BCUT2D eigenvalue weighted by Crippen LogP contribution is -2.46. The molecule has 142 valence electrons. The zero-order chi connectivity index (χ0) is 19.1. The van der Waals surface area contributed by atoms with Gasteiger partial charge in [0.25, 0.3) is 5.91 Å². The standard InChI is InChI=1S/C22H21N3O3/c1-14-20(28-19-13-6-5-12-18(19)27-14)22(26)23-21-16-10-7-11-17(16)24-25(21)15-8-3-2-4-9-15/h2-6,8-9,12-14,20H,7,10-11H2,1H3,(H,23,26). The van der Waals surface area contributed by atoms with Crippen LogP contribution in [0.1, 0.15) is 24.6 Å². The number of rotatable bonds is 3. The lowest BCUT2D eigenvalue weighted by Gasteiger charge is -2.31. The maximum atomic E-state index is 13.1. The zero-order valence-corrected chi connectivity index (χ0v) is 15.6. The molecule has 1 amide bonds. The van der Waals surface area contributed by atoms with E-state index in [2.05, 4.69) is 5.32 Å². The number of hydrogen-bond acceptors (Lipinski definition) is 4. The Balaban J connectivity index is 1.46. The van der Waals surface area contributed by atoms with Crippen molar-refractivity contribution in [3.63, 3.8) is 0 Å². The minimum atomic E-state index is -0.730. The average molecular weight is 375 g/mol. The Kier molecular flexibility index (Phi) is 4.04. The van der Waals surface area contributed by atoms with Gasteiger partial charge in [-0.2, -0.15) is 5.10 Å². The number of hydrogen-bond donors (Lipinski definition) is 1. The van der Waals surface area contributed by atoms with Crippen LogP contribution in [0, 0.1) is 0 Å². The molecule has 28 heavy (non-hydrogen) atoms. The van der Waals surface area contributed by atoms with E-state index in [-0.39, 0.29) is 5.91 Å². The van der Waals surface area contributed by atoms with Crippen molar-refractivity contribution in [2.75, 3.05) is 5.32 Å². The van der Waals surface area contributed by atoms with E-state index in [0.717, 1.165) is 42.0 Å². The molecule has 6 heteroatoms. The van der Waals surface area contributed by atoms with Gasteiger partial charge in [-0.3, -0.25) is 4.79 Å². The normalized spacial score (nSPS) is 19.9. The highest BCUT2D eigenvalue weighted by atomic mass is 16.6. The number of nitrogens with one attached hydrogen (secondary N) is 1. The van der Waals surface area contributed by atoms with E-state index in [1.807, 2.05) is 66.2 Å². The van der Waals surface area contributed by atoms with Gasteiger partial charge in [0.2, 0.25) is 6.10 Å². The van der Waals surface area contributed by atoms with Crippen LogP contribution in [0.25, 0.3) is 5.69 Å². The van der Waals surface area contributed by atoms with Crippen molar-refractivity contribution in [2.24, 2.45) is 0 Å². The lowest BCUT2D eigenvalue weighted by atomic mass is 10.1. The summed E-state index contributed by atoms with van der Waals surface area (Å²) < 4.78 is 13.7. The first-order valence-electron chi connectivity index (χ1n) is 9.60. The number of carbonyl (C=O) groups is 1. The summed E-state index contributed by atoms with van der Waals surface area (Å²) in [6.45, 7) is 1.85. The van der Waals surface area contributed by atoms with Crippen molar-refractivity contribution >= 4 is 11.7 Å². The lowest BCUT2D eigenvalue weighted by molar-refractivity contribution is -0.128. The molecule has 5 rings (SSSR count). The van der Waals surface area contributed by atoms with E-state index >= 15 is 0 Å². The number of nitrogens with zero attached hydrogens (tertiary/aromatic N) is 2. The van der Waals surface area contributed by atoms with Crippen LogP contribution in [0.2, 0.25) is 0 Å². The van der Waals surface area contributed by atoms with Crippen molar-refractivity contribution in [3.05, 3.63) is 65.9 Å². The predicted octanol–water partition coefficient (Wildman–Crippen LogP) is 3.53. The van der Waals surface area contributed by atoms with E-state index < -0.39 is 12.2 Å². The molecule has 1 aliphatic carbocycles. The summed E-state index contributed by atoms with van der Waals surface area (Å²) in [5.74, 6) is 1.75. The van der Waals surface area contributed by atoms with E-state index in [0.29, 0.717) is 11.5 Å². The van der Waals surface area contributed by atoms with Gasteiger partial charge in [0.15, 0.2) is 11.5 Å². The Bertz CT molecular complexity index is 1030. The molecule has 2 aromatic carbocycles. The van der Waals surface area contributed by atoms with Gasteiger partial charge in [-0.15, -0.1) is 0 Å². The summed E-state index contributed by atoms with van der Waals surface area (Å²) in [6.07, 6.45) is 1.79. The smallest absolute Gasteiger partial charge is 0.270 e. The number of para-hydroxylation sites is 3. The molecular weight excluding hydrogens is 354 g/mol. The van der Waals surface area contributed by atoms with Crippen molar-refractivity contribution < 1.29 is 14.3 Å². The Morgan fingerprint density at radius 1 is 1.04 bits per heavy atom. The summed E-state index contributed by atoms with van der Waals surface area (Å²) in [4.78, 5) is 13.1. The number of benzene rings is 2. The van der Waals surface area contributed by atoms with Crippen LogP contribution in [0.5, 0.6) is 11.5 Å². The fourth-order valence-corrected chi connectivity index (χ4v) is 3.87. The third kappa shape index (κ3) is 2.81.